The van der Waals surface area contributed by atoms with E-state index in [0.717, 1.165) is 28.5 Å². The van der Waals surface area contributed by atoms with Gasteiger partial charge in [0.05, 0.1) is 0 Å². The van der Waals surface area contributed by atoms with E-state index in [1.807, 2.05) is 18.3 Å². The second-order valence-electron chi connectivity index (χ2n) is 6.17. The van der Waals surface area contributed by atoms with Crippen LogP contribution in [0.25, 0.3) is 10.9 Å². The third-order valence-electron chi connectivity index (χ3n) is 4.34. The zero-order chi connectivity index (χ0) is 19.2. The first-order valence-corrected chi connectivity index (χ1v) is 8.65. The van der Waals surface area contributed by atoms with Crippen molar-refractivity contribution in [2.24, 2.45) is 10.7 Å². The number of H-pyrrole nitrogens is 1. The number of hydrogen-bond donors (Lipinski definition) is 4. The van der Waals surface area contributed by atoms with E-state index >= 15 is 0 Å². The van der Waals surface area contributed by atoms with E-state index in [1.54, 1.807) is 25.2 Å². The maximum absolute atomic E-state index is 13.3. The molecule has 1 aromatic heterocycles. The number of nitrogens with two attached hydrogens (primary N) is 1. The van der Waals surface area contributed by atoms with Gasteiger partial charge in [-0.15, -0.1) is 24.0 Å². The Labute approximate surface area is 179 Å². The number of amides is 1. The standard InChI is InChI=1S/C20H22FN5O.HI/c1-23-20(26-11-13-2-4-14(5-3-13)19(22)27)24-9-8-15-12-25-18-10-16(21)6-7-17(15)18;/h2-7,10,12,25H,8-9,11H2,1H3,(H2,22,27)(H2,23,24,26);1H. The van der Waals surface area contributed by atoms with Crippen molar-refractivity contribution in [3.05, 3.63) is 71.2 Å². The molecule has 0 bridgehead atoms. The summed E-state index contributed by atoms with van der Waals surface area (Å²) in [6.45, 7) is 1.26. The third-order valence-corrected chi connectivity index (χ3v) is 4.34. The van der Waals surface area contributed by atoms with Crippen molar-refractivity contribution >= 4 is 46.7 Å². The average Bonchev–Trinajstić information content (AvgIpc) is 3.06. The van der Waals surface area contributed by atoms with Gasteiger partial charge in [-0.2, -0.15) is 0 Å². The number of hydrogen-bond acceptors (Lipinski definition) is 2. The lowest BCUT2D eigenvalue weighted by Gasteiger charge is -2.12. The smallest absolute Gasteiger partial charge is 0.248 e. The molecule has 6 nitrogen and oxygen atoms in total. The molecule has 0 atom stereocenters. The van der Waals surface area contributed by atoms with Crippen LogP contribution in [0, 0.1) is 5.82 Å². The maximum Gasteiger partial charge on any atom is 0.248 e. The second-order valence-corrected chi connectivity index (χ2v) is 6.17. The van der Waals surface area contributed by atoms with Crippen LogP contribution in [0.2, 0.25) is 0 Å². The molecule has 3 aromatic rings. The highest BCUT2D eigenvalue weighted by Crippen LogP contribution is 2.19. The van der Waals surface area contributed by atoms with E-state index in [2.05, 4.69) is 20.6 Å². The molecule has 1 amide bonds. The summed E-state index contributed by atoms with van der Waals surface area (Å²) in [5.74, 6) is -0.00522. The number of aromatic amines is 1. The van der Waals surface area contributed by atoms with Gasteiger partial charge in [-0.3, -0.25) is 9.79 Å². The van der Waals surface area contributed by atoms with E-state index in [0.29, 0.717) is 24.6 Å². The van der Waals surface area contributed by atoms with Gasteiger partial charge in [-0.05, 0) is 47.9 Å². The number of aromatic nitrogens is 1. The van der Waals surface area contributed by atoms with Crippen molar-refractivity contribution in [1.82, 2.24) is 15.6 Å². The average molecular weight is 495 g/mol. The molecule has 8 heteroatoms. The highest BCUT2D eigenvalue weighted by molar-refractivity contribution is 14.0. The third kappa shape index (κ3) is 5.44. The SMILES string of the molecule is CN=C(NCCc1c[nH]c2cc(F)ccc12)NCc1ccc(C(N)=O)cc1.I. The summed E-state index contributed by atoms with van der Waals surface area (Å²) in [7, 11) is 1.71. The number of rotatable bonds is 6. The van der Waals surface area contributed by atoms with Crippen LogP contribution in [0.15, 0.2) is 53.7 Å². The van der Waals surface area contributed by atoms with E-state index in [4.69, 9.17) is 5.73 Å². The van der Waals surface area contributed by atoms with Gasteiger partial charge in [-0.1, -0.05) is 12.1 Å². The van der Waals surface area contributed by atoms with Crippen LogP contribution in [0.1, 0.15) is 21.5 Å². The molecule has 2 aromatic carbocycles. The summed E-state index contributed by atoms with van der Waals surface area (Å²) in [6, 6.07) is 11.9. The Morgan fingerprint density at radius 3 is 2.61 bits per heavy atom. The predicted octanol–water partition coefficient (Wildman–Crippen LogP) is 2.93. The lowest BCUT2D eigenvalue weighted by atomic mass is 10.1. The Morgan fingerprint density at radius 1 is 1.18 bits per heavy atom. The van der Waals surface area contributed by atoms with Crippen molar-refractivity contribution in [2.75, 3.05) is 13.6 Å². The number of nitrogens with zero attached hydrogens (tertiary/aromatic N) is 1. The second kappa shape index (κ2) is 10.1. The van der Waals surface area contributed by atoms with Gasteiger partial charge < -0.3 is 21.4 Å². The number of aliphatic imine (C=N–C) groups is 1. The van der Waals surface area contributed by atoms with Crippen LogP contribution in [0.5, 0.6) is 0 Å². The van der Waals surface area contributed by atoms with E-state index < -0.39 is 5.91 Å². The summed E-state index contributed by atoms with van der Waals surface area (Å²) in [5, 5.41) is 7.51. The van der Waals surface area contributed by atoms with Crippen molar-refractivity contribution in [2.45, 2.75) is 13.0 Å². The Hall–Kier alpha value is -2.62. The molecular formula is C20H23FIN5O. The zero-order valence-corrected chi connectivity index (χ0v) is 17.8. The van der Waals surface area contributed by atoms with Crippen LogP contribution >= 0.6 is 24.0 Å². The fourth-order valence-electron chi connectivity index (χ4n) is 2.87. The number of primary amides is 1. The predicted molar refractivity (Wildman–Crippen MR) is 121 cm³/mol. The number of carbonyl (C=O) groups is 1. The summed E-state index contributed by atoms with van der Waals surface area (Å²) in [6.07, 6.45) is 2.68. The highest BCUT2D eigenvalue weighted by atomic mass is 127. The lowest BCUT2D eigenvalue weighted by molar-refractivity contribution is 0.100. The molecule has 148 valence electrons. The number of halogens is 2. The minimum Gasteiger partial charge on any atom is -0.366 e. The summed E-state index contributed by atoms with van der Waals surface area (Å²) < 4.78 is 13.3. The molecule has 0 saturated heterocycles. The van der Waals surface area contributed by atoms with Crippen molar-refractivity contribution in [3.63, 3.8) is 0 Å². The molecule has 0 unspecified atom stereocenters. The van der Waals surface area contributed by atoms with Crippen LogP contribution in [0.3, 0.4) is 0 Å². The Balaban J connectivity index is 0.00000280. The molecule has 0 radical (unpaired) electrons. The molecule has 0 fully saturated rings. The van der Waals surface area contributed by atoms with E-state index in [1.165, 1.54) is 12.1 Å². The molecular weight excluding hydrogens is 472 g/mol. The monoisotopic (exact) mass is 495 g/mol. The Morgan fingerprint density at radius 2 is 1.93 bits per heavy atom. The number of fused-ring (bicyclic) bond motifs is 1. The first kappa shape index (κ1) is 21.7. The molecule has 0 spiro atoms. The lowest BCUT2D eigenvalue weighted by Crippen LogP contribution is -2.37. The van der Waals surface area contributed by atoms with Gasteiger partial charge in [0.1, 0.15) is 5.82 Å². The van der Waals surface area contributed by atoms with Crippen molar-refractivity contribution in [1.29, 1.82) is 0 Å². The molecule has 1 heterocycles. The fourth-order valence-corrected chi connectivity index (χ4v) is 2.87. The fraction of sp³-hybridized carbons (Fsp3) is 0.200. The molecule has 0 saturated carbocycles. The molecule has 0 aliphatic heterocycles. The number of guanidine groups is 1. The van der Waals surface area contributed by atoms with E-state index in [-0.39, 0.29) is 29.8 Å². The summed E-state index contributed by atoms with van der Waals surface area (Å²) in [4.78, 5) is 18.4. The normalized spacial score (nSPS) is 11.1. The maximum atomic E-state index is 13.3. The number of carbonyl (C=O) groups excluding carboxylic acids is 1. The van der Waals surface area contributed by atoms with Crippen molar-refractivity contribution < 1.29 is 9.18 Å². The minimum absolute atomic E-state index is 0. The van der Waals surface area contributed by atoms with Crippen LogP contribution in [0.4, 0.5) is 4.39 Å². The van der Waals surface area contributed by atoms with Gasteiger partial charge in [0.25, 0.3) is 0 Å². The summed E-state index contributed by atoms with van der Waals surface area (Å²) >= 11 is 0. The number of nitrogens with one attached hydrogen (secondary N) is 3. The number of benzene rings is 2. The molecule has 3 rings (SSSR count). The largest absolute Gasteiger partial charge is 0.366 e. The minimum atomic E-state index is -0.438. The topological polar surface area (TPSA) is 95.3 Å². The first-order valence-electron chi connectivity index (χ1n) is 8.65. The highest BCUT2D eigenvalue weighted by Gasteiger charge is 2.06. The quantitative estimate of drug-likeness (QED) is 0.241. The van der Waals surface area contributed by atoms with Crippen LogP contribution in [-0.4, -0.2) is 30.4 Å². The van der Waals surface area contributed by atoms with Gasteiger partial charge in [0.2, 0.25) is 5.91 Å². The van der Waals surface area contributed by atoms with Gasteiger partial charge in [0.15, 0.2) is 5.96 Å². The van der Waals surface area contributed by atoms with Crippen LogP contribution < -0.4 is 16.4 Å². The van der Waals surface area contributed by atoms with Gasteiger partial charge >= 0.3 is 0 Å². The molecule has 5 N–H and O–H groups in total. The van der Waals surface area contributed by atoms with Crippen LogP contribution in [-0.2, 0) is 13.0 Å². The van der Waals surface area contributed by atoms with Gasteiger partial charge in [0, 0.05) is 42.8 Å². The zero-order valence-electron chi connectivity index (χ0n) is 15.5. The Kier molecular flexibility index (Phi) is 7.80. The first-order chi connectivity index (χ1) is 13.1. The van der Waals surface area contributed by atoms with E-state index in [9.17, 15) is 9.18 Å². The summed E-state index contributed by atoms with van der Waals surface area (Å²) in [5.41, 5.74) is 8.66. The Bertz CT molecular complexity index is 968. The molecule has 0 aliphatic rings. The molecule has 0 aliphatic carbocycles. The van der Waals surface area contributed by atoms with Gasteiger partial charge in [-0.25, -0.2) is 4.39 Å². The van der Waals surface area contributed by atoms with Crippen molar-refractivity contribution in [3.8, 4) is 0 Å². The molecule has 28 heavy (non-hydrogen) atoms.